The fourth-order valence-electron chi connectivity index (χ4n) is 2.04. The van der Waals surface area contributed by atoms with Crippen LogP contribution in [0.1, 0.15) is 43.3 Å². The minimum Gasteiger partial charge on any atom is -0.493 e. The number of thiophene rings is 1. The highest BCUT2D eigenvalue weighted by atomic mass is 32.1. The minimum atomic E-state index is 0.0844. The molecule has 1 aromatic carbocycles. The summed E-state index contributed by atoms with van der Waals surface area (Å²) in [5.41, 5.74) is 0. The van der Waals surface area contributed by atoms with E-state index in [1.165, 1.54) is 11.3 Å². The molecule has 2 aromatic rings. The second-order valence-electron chi connectivity index (χ2n) is 4.99. The average Bonchev–Trinajstić information content (AvgIpc) is 2.80. The van der Waals surface area contributed by atoms with E-state index < -0.39 is 0 Å². The van der Waals surface area contributed by atoms with Crippen molar-refractivity contribution >= 4 is 27.2 Å². The van der Waals surface area contributed by atoms with Crippen LogP contribution in [0.3, 0.4) is 0 Å². The maximum atomic E-state index is 12.0. The third kappa shape index (κ3) is 3.12. The number of Topliss-reactive ketones (excluding diaryl/α,β-unsaturated/α-hetero) is 1. The molecule has 20 heavy (non-hydrogen) atoms. The Morgan fingerprint density at radius 3 is 2.60 bits per heavy atom. The van der Waals surface area contributed by atoms with Crippen molar-refractivity contribution in [3.63, 3.8) is 0 Å². The van der Waals surface area contributed by atoms with Crippen LogP contribution in [0.15, 0.2) is 18.2 Å². The van der Waals surface area contributed by atoms with Crippen molar-refractivity contribution in [1.29, 1.82) is 0 Å². The highest BCUT2D eigenvalue weighted by Gasteiger charge is 2.14. The van der Waals surface area contributed by atoms with E-state index in [0.29, 0.717) is 12.2 Å². The molecular formula is C16H20O3S. The molecular weight excluding hydrogens is 272 g/mol. The van der Waals surface area contributed by atoms with Gasteiger partial charge in [-0.25, -0.2) is 0 Å². The number of hydrogen-bond donors (Lipinski definition) is 0. The first-order chi connectivity index (χ1) is 9.55. The van der Waals surface area contributed by atoms with Gasteiger partial charge in [-0.2, -0.15) is 0 Å². The summed E-state index contributed by atoms with van der Waals surface area (Å²) < 4.78 is 12.2. The first kappa shape index (κ1) is 14.9. The topological polar surface area (TPSA) is 35.5 Å². The Labute approximate surface area is 123 Å². The van der Waals surface area contributed by atoms with Crippen LogP contribution < -0.4 is 9.47 Å². The molecule has 3 nitrogen and oxygen atoms in total. The molecule has 0 bridgehead atoms. The molecule has 1 aromatic heterocycles. The van der Waals surface area contributed by atoms with Crippen LogP contribution in [0.4, 0.5) is 0 Å². The molecule has 0 aliphatic rings. The SMILES string of the molecule is CCCC(=O)c1cc2cc(OC(C)C)c(OC)cc2s1. The standard InChI is InChI=1S/C16H20O3S/c1-5-6-12(17)16-8-11-7-14(19-10(2)3)13(18-4)9-15(11)20-16/h7-10H,5-6H2,1-4H3. The van der Waals surface area contributed by atoms with E-state index in [1.54, 1.807) is 7.11 Å². The van der Waals surface area contributed by atoms with Crippen molar-refractivity contribution < 1.29 is 14.3 Å². The number of rotatable bonds is 6. The first-order valence-electron chi connectivity index (χ1n) is 6.86. The van der Waals surface area contributed by atoms with E-state index >= 15 is 0 Å². The number of fused-ring (bicyclic) bond motifs is 1. The molecule has 0 amide bonds. The van der Waals surface area contributed by atoms with Crippen molar-refractivity contribution in [3.8, 4) is 11.5 Å². The molecule has 0 aliphatic carbocycles. The van der Waals surface area contributed by atoms with Crippen molar-refractivity contribution in [2.75, 3.05) is 7.11 Å². The Hall–Kier alpha value is -1.55. The average molecular weight is 292 g/mol. The molecule has 0 atom stereocenters. The van der Waals surface area contributed by atoms with Crippen molar-refractivity contribution in [1.82, 2.24) is 0 Å². The van der Waals surface area contributed by atoms with E-state index in [4.69, 9.17) is 9.47 Å². The quantitative estimate of drug-likeness (QED) is 0.725. The number of hydrogen-bond acceptors (Lipinski definition) is 4. The van der Waals surface area contributed by atoms with E-state index in [9.17, 15) is 4.79 Å². The molecule has 0 radical (unpaired) electrons. The smallest absolute Gasteiger partial charge is 0.172 e. The molecule has 0 fully saturated rings. The Kier molecular flexibility index (Phi) is 4.65. The van der Waals surface area contributed by atoms with Crippen molar-refractivity contribution in [3.05, 3.63) is 23.1 Å². The van der Waals surface area contributed by atoms with Gasteiger partial charge in [0.05, 0.1) is 18.1 Å². The van der Waals surface area contributed by atoms with E-state index in [-0.39, 0.29) is 11.9 Å². The van der Waals surface area contributed by atoms with Gasteiger partial charge >= 0.3 is 0 Å². The molecule has 0 aliphatic heterocycles. The second kappa shape index (κ2) is 6.27. The fraction of sp³-hybridized carbons (Fsp3) is 0.438. The molecule has 0 saturated heterocycles. The number of carbonyl (C=O) groups excluding carboxylic acids is 1. The lowest BCUT2D eigenvalue weighted by atomic mass is 10.1. The molecule has 0 N–H and O–H groups in total. The zero-order valence-electron chi connectivity index (χ0n) is 12.4. The molecule has 0 unspecified atom stereocenters. The highest BCUT2D eigenvalue weighted by Crippen LogP contribution is 2.37. The summed E-state index contributed by atoms with van der Waals surface area (Å²) in [5, 5.41) is 1.03. The number of ether oxygens (including phenoxy) is 2. The number of carbonyl (C=O) groups is 1. The maximum Gasteiger partial charge on any atom is 0.172 e. The van der Waals surface area contributed by atoms with Crippen LogP contribution in [0.2, 0.25) is 0 Å². The second-order valence-corrected chi connectivity index (χ2v) is 6.08. The van der Waals surface area contributed by atoms with Crippen molar-refractivity contribution in [2.45, 2.75) is 39.7 Å². The third-order valence-corrected chi connectivity index (χ3v) is 4.06. The summed E-state index contributed by atoms with van der Waals surface area (Å²) in [6.07, 6.45) is 1.55. The van der Waals surface area contributed by atoms with Gasteiger partial charge < -0.3 is 9.47 Å². The lowest BCUT2D eigenvalue weighted by Crippen LogP contribution is -2.06. The van der Waals surface area contributed by atoms with E-state index in [0.717, 1.165) is 27.1 Å². The molecule has 1 heterocycles. The summed E-state index contributed by atoms with van der Waals surface area (Å²) in [4.78, 5) is 12.8. The third-order valence-electron chi connectivity index (χ3n) is 2.92. The Bertz CT molecular complexity index is 613. The van der Waals surface area contributed by atoms with Crippen LogP contribution in [0.25, 0.3) is 10.1 Å². The molecule has 0 spiro atoms. The van der Waals surface area contributed by atoms with Gasteiger partial charge in [0.15, 0.2) is 17.3 Å². The highest BCUT2D eigenvalue weighted by molar-refractivity contribution is 7.20. The van der Waals surface area contributed by atoms with Crippen LogP contribution >= 0.6 is 11.3 Å². The number of benzene rings is 1. The van der Waals surface area contributed by atoms with Gasteiger partial charge in [-0.05, 0) is 37.8 Å². The van der Waals surface area contributed by atoms with Crippen molar-refractivity contribution in [2.24, 2.45) is 0 Å². The molecule has 2 rings (SSSR count). The largest absolute Gasteiger partial charge is 0.493 e. The summed E-state index contributed by atoms with van der Waals surface area (Å²) in [6, 6.07) is 5.85. The maximum absolute atomic E-state index is 12.0. The zero-order chi connectivity index (χ0) is 14.7. The van der Waals surface area contributed by atoms with Crippen LogP contribution in [0.5, 0.6) is 11.5 Å². The normalized spacial score (nSPS) is 11.1. The van der Waals surface area contributed by atoms with Gasteiger partial charge in [0.2, 0.25) is 0 Å². The van der Waals surface area contributed by atoms with Gasteiger partial charge in [-0.3, -0.25) is 4.79 Å². The van der Waals surface area contributed by atoms with Crippen LogP contribution in [-0.2, 0) is 0 Å². The van der Waals surface area contributed by atoms with Gasteiger partial charge in [0.25, 0.3) is 0 Å². The Morgan fingerprint density at radius 1 is 1.25 bits per heavy atom. The molecule has 4 heteroatoms. The summed E-state index contributed by atoms with van der Waals surface area (Å²) >= 11 is 1.52. The minimum absolute atomic E-state index is 0.0844. The van der Waals surface area contributed by atoms with Crippen LogP contribution in [-0.4, -0.2) is 19.0 Å². The van der Waals surface area contributed by atoms with Gasteiger partial charge in [0.1, 0.15) is 0 Å². The van der Waals surface area contributed by atoms with Gasteiger partial charge in [-0.1, -0.05) is 6.92 Å². The van der Waals surface area contributed by atoms with Gasteiger partial charge in [0, 0.05) is 17.2 Å². The monoisotopic (exact) mass is 292 g/mol. The Morgan fingerprint density at radius 2 is 2.00 bits per heavy atom. The number of ketones is 1. The molecule has 108 valence electrons. The first-order valence-corrected chi connectivity index (χ1v) is 7.68. The lowest BCUT2D eigenvalue weighted by molar-refractivity contribution is 0.0985. The predicted octanol–water partition coefficient (Wildman–Crippen LogP) is 4.68. The number of methoxy groups -OCH3 is 1. The van der Waals surface area contributed by atoms with Crippen LogP contribution in [0, 0.1) is 0 Å². The predicted molar refractivity (Wildman–Crippen MR) is 83.4 cm³/mol. The molecule has 0 saturated carbocycles. The van der Waals surface area contributed by atoms with E-state index in [1.807, 2.05) is 39.0 Å². The summed E-state index contributed by atoms with van der Waals surface area (Å²) in [6.45, 7) is 5.98. The Balaban J connectivity index is 2.44. The zero-order valence-corrected chi connectivity index (χ0v) is 13.2. The summed E-state index contributed by atoms with van der Waals surface area (Å²) in [7, 11) is 1.63. The summed E-state index contributed by atoms with van der Waals surface area (Å²) in [5.74, 6) is 1.64. The fourth-order valence-corrected chi connectivity index (χ4v) is 3.08. The van der Waals surface area contributed by atoms with E-state index in [2.05, 4.69) is 0 Å². The lowest BCUT2D eigenvalue weighted by Gasteiger charge is -2.13. The van der Waals surface area contributed by atoms with Gasteiger partial charge in [-0.15, -0.1) is 11.3 Å².